The van der Waals surface area contributed by atoms with E-state index in [9.17, 15) is 14.7 Å². The van der Waals surface area contributed by atoms with Crippen LogP contribution < -0.4 is 0 Å². The lowest BCUT2D eigenvalue weighted by atomic mass is 9.97. The average Bonchev–Trinajstić information content (AvgIpc) is 2.43. The van der Waals surface area contributed by atoms with E-state index in [-0.39, 0.29) is 23.1 Å². The van der Waals surface area contributed by atoms with E-state index < -0.39 is 11.9 Å². The molecular formula is C17H24O4. The first-order chi connectivity index (χ1) is 9.81. The number of hydrogen-bond donors (Lipinski definition) is 1. The number of carbonyl (C=O) groups is 2. The first kappa shape index (κ1) is 17.2. The number of carbonyl (C=O) groups excluding carboxylic acids is 1. The topological polar surface area (TPSA) is 63.6 Å². The van der Waals surface area contributed by atoms with Crippen LogP contribution >= 0.6 is 0 Å². The monoisotopic (exact) mass is 292 g/mol. The Morgan fingerprint density at radius 1 is 1.19 bits per heavy atom. The largest absolute Gasteiger partial charge is 0.478 e. The summed E-state index contributed by atoms with van der Waals surface area (Å²) in [6.45, 7) is 9.73. The van der Waals surface area contributed by atoms with Crippen LogP contribution in [-0.2, 0) is 11.2 Å². The molecule has 1 rings (SSSR count). The van der Waals surface area contributed by atoms with Gasteiger partial charge < -0.3 is 9.84 Å². The number of ether oxygens (including phenoxy) is 1. The van der Waals surface area contributed by atoms with Crippen molar-refractivity contribution in [1.29, 1.82) is 0 Å². The standard InChI is InChI=1S/C17H24O4/c1-6-12-9-13(16(18)19)14(8-11(12)5)17(20)21-15(7-2)10(3)4/h8-10,15H,6-7H2,1-5H3,(H,18,19). The molecule has 21 heavy (non-hydrogen) atoms. The van der Waals surface area contributed by atoms with Crippen LogP contribution in [0.5, 0.6) is 0 Å². The lowest BCUT2D eigenvalue weighted by molar-refractivity contribution is 0.0169. The fourth-order valence-corrected chi connectivity index (χ4v) is 2.37. The van der Waals surface area contributed by atoms with Gasteiger partial charge in [0, 0.05) is 0 Å². The number of carboxylic acid groups (broad SMARTS) is 1. The average molecular weight is 292 g/mol. The van der Waals surface area contributed by atoms with Crippen molar-refractivity contribution in [2.24, 2.45) is 5.92 Å². The smallest absolute Gasteiger partial charge is 0.339 e. The predicted molar refractivity (Wildman–Crippen MR) is 81.8 cm³/mol. The van der Waals surface area contributed by atoms with Gasteiger partial charge in [0.25, 0.3) is 0 Å². The van der Waals surface area contributed by atoms with Gasteiger partial charge >= 0.3 is 11.9 Å². The van der Waals surface area contributed by atoms with Gasteiger partial charge in [-0.2, -0.15) is 0 Å². The van der Waals surface area contributed by atoms with Crippen molar-refractivity contribution in [3.05, 3.63) is 34.4 Å². The second-order valence-corrected chi connectivity index (χ2v) is 5.58. The van der Waals surface area contributed by atoms with Crippen molar-refractivity contribution in [3.8, 4) is 0 Å². The maximum absolute atomic E-state index is 12.3. The van der Waals surface area contributed by atoms with E-state index in [1.165, 1.54) is 0 Å². The summed E-state index contributed by atoms with van der Waals surface area (Å²) in [6, 6.07) is 3.20. The Morgan fingerprint density at radius 2 is 1.81 bits per heavy atom. The van der Waals surface area contributed by atoms with Crippen molar-refractivity contribution in [2.45, 2.75) is 53.6 Å². The van der Waals surface area contributed by atoms with E-state index in [1.54, 1.807) is 12.1 Å². The maximum atomic E-state index is 12.3. The summed E-state index contributed by atoms with van der Waals surface area (Å²) in [4.78, 5) is 23.7. The molecule has 0 fully saturated rings. The van der Waals surface area contributed by atoms with E-state index in [0.717, 1.165) is 17.5 Å². The van der Waals surface area contributed by atoms with Crippen molar-refractivity contribution < 1.29 is 19.4 Å². The highest BCUT2D eigenvalue weighted by molar-refractivity contribution is 6.02. The Balaban J connectivity index is 3.19. The molecule has 0 aromatic heterocycles. The molecule has 0 amide bonds. The number of carboxylic acids is 1. The van der Waals surface area contributed by atoms with E-state index >= 15 is 0 Å². The molecule has 1 N–H and O–H groups in total. The van der Waals surface area contributed by atoms with Crippen molar-refractivity contribution >= 4 is 11.9 Å². The molecule has 116 valence electrons. The van der Waals surface area contributed by atoms with Crippen molar-refractivity contribution in [1.82, 2.24) is 0 Å². The summed E-state index contributed by atoms with van der Waals surface area (Å²) in [5, 5.41) is 9.32. The van der Waals surface area contributed by atoms with Gasteiger partial charge in [-0.25, -0.2) is 9.59 Å². The van der Waals surface area contributed by atoms with Crippen LogP contribution in [0.25, 0.3) is 0 Å². The lowest BCUT2D eigenvalue weighted by Crippen LogP contribution is -2.24. The van der Waals surface area contributed by atoms with Crippen molar-refractivity contribution in [2.75, 3.05) is 0 Å². The molecule has 0 aliphatic carbocycles. The molecule has 1 atom stereocenters. The van der Waals surface area contributed by atoms with Crippen LogP contribution in [0, 0.1) is 12.8 Å². The van der Waals surface area contributed by atoms with Gasteiger partial charge in [-0.15, -0.1) is 0 Å². The molecule has 0 aliphatic heterocycles. The molecule has 0 bridgehead atoms. The molecule has 1 unspecified atom stereocenters. The van der Waals surface area contributed by atoms with Gasteiger partial charge in [0.2, 0.25) is 0 Å². The molecule has 1 aromatic rings. The van der Waals surface area contributed by atoms with Gasteiger partial charge in [0.1, 0.15) is 6.10 Å². The zero-order chi connectivity index (χ0) is 16.2. The predicted octanol–water partition coefficient (Wildman–Crippen LogP) is 3.85. The summed E-state index contributed by atoms with van der Waals surface area (Å²) >= 11 is 0. The highest BCUT2D eigenvalue weighted by Gasteiger charge is 2.23. The van der Waals surface area contributed by atoms with Crippen molar-refractivity contribution in [3.63, 3.8) is 0 Å². The molecule has 0 aliphatic rings. The first-order valence-electron chi connectivity index (χ1n) is 7.39. The number of benzene rings is 1. The minimum Gasteiger partial charge on any atom is -0.478 e. The van der Waals surface area contributed by atoms with Gasteiger partial charge in [-0.1, -0.05) is 27.7 Å². The van der Waals surface area contributed by atoms with E-state index in [4.69, 9.17) is 4.74 Å². The lowest BCUT2D eigenvalue weighted by Gasteiger charge is -2.20. The molecule has 0 spiro atoms. The first-order valence-corrected chi connectivity index (χ1v) is 7.39. The summed E-state index contributed by atoms with van der Waals surface area (Å²) in [6.07, 6.45) is 1.23. The highest BCUT2D eigenvalue weighted by Crippen LogP contribution is 2.21. The summed E-state index contributed by atoms with van der Waals surface area (Å²) < 4.78 is 5.46. The second-order valence-electron chi connectivity index (χ2n) is 5.58. The summed E-state index contributed by atoms with van der Waals surface area (Å²) in [5.74, 6) is -1.46. The number of aryl methyl sites for hydroxylation is 2. The van der Waals surface area contributed by atoms with E-state index in [1.807, 2.05) is 34.6 Å². The molecular weight excluding hydrogens is 268 g/mol. The quantitative estimate of drug-likeness (QED) is 0.809. The number of rotatable bonds is 6. The van der Waals surface area contributed by atoms with Crippen LogP contribution in [0.2, 0.25) is 0 Å². The van der Waals surface area contributed by atoms with Crippen LogP contribution in [0.3, 0.4) is 0 Å². The third-order valence-corrected chi connectivity index (χ3v) is 3.71. The van der Waals surface area contributed by atoms with Gasteiger partial charge in [0.15, 0.2) is 0 Å². The van der Waals surface area contributed by atoms with E-state index in [2.05, 4.69) is 0 Å². The zero-order valence-electron chi connectivity index (χ0n) is 13.4. The highest BCUT2D eigenvalue weighted by atomic mass is 16.5. The Morgan fingerprint density at radius 3 is 2.24 bits per heavy atom. The zero-order valence-corrected chi connectivity index (χ0v) is 13.4. The molecule has 4 nitrogen and oxygen atoms in total. The molecule has 0 saturated carbocycles. The Bertz CT molecular complexity index is 532. The minimum absolute atomic E-state index is 0.0149. The fourth-order valence-electron chi connectivity index (χ4n) is 2.37. The third kappa shape index (κ3) is 4.06. The fraction of sp³-hybridized carbons (Fsp3) is 0.529. The molecule has 0 saturated heterocycles. The number of hydrogen-bond acceptors (Lipinski definition) is 3. The third-order valence-electron chi connectivity index (χ3n) is 3.71. The summed E-state index contributed by atoms with van der Waals surface area (Å²) in [5.41, 5.74) is 1.99. The van der Waals surface area contributed by atoms with E-state index in [0.29, 0.717) is 6.42 Å². The molecule has 4 heteroatoms. The van der Waals surface area contributed by atoms with Crippen LogP contribution in [0.4, 0.5) is 0 Å². The van der Waals surface area contributed by atoms with Gasteiger partial charge in [0.05, 0.1) is 11.1 Å². The maximum Gasteiger partial charge on any atom is 0.339 e. The SMILES string of the molecule is CCc1cc(C(=O)O)c(C(=O)OC(CC)C(C)C)cc1C. The van der Waals surface area contributed by atoms with Gasteiger partial charge in [-0.05, 0) is 48.9 Å². The Hall–Kier alpha value is -1.84. The van der Waals surface area contributed by atoms with Gasteiger partial charge in [-0.3, -0.25) is 0 Å². The van der Waals surface area contributed by atoms with Crippen LogP contribution in [0.1, 0.15) is 66.0 Å². The van der Waals surface area contributed by atoms with Crippen LogP contribution in [-0.4, -0.2) is 23.1 Å². The molecule has 0 heterocycles. The Labute approximate surface area is 126 Å². The second kappa shape index (κ2) is 7.25. The molecule has 1 aromatic carbocycles. The van der Waals surface area contributed by atoms with Crippen LogP contribution in [0.15, 0.2) is 12.1 Å². The minimum atomic E-state index is -1.10. The number of aromatic carboxylic acids is 1. The number of esters is 1. The molecule has 0 radical (unpaired) electrons. The normalized spacial score (nSPS) is 12.3. The Kier molecular flexibility index (Phi) is 5.94. The summed E-state index contributed by atoms with van der Waals surface area (Å²) in [7, 11) is 0.